The minimum Gasteiger partial charge on any atom is -0.456 e. The van der Waals surface area contributed by atoms with Gasteiger partial charge < -0.3 is 9.73 Å². The Hall–Kier alpha value is -2.59. The van der Waals surface area contributed by atoms with E-state index in [-0.39, 0.29) is 11.3 Å². The van der Waals surface area contributed by atoms with E-state index in [0.717, 1.165) is 11.1 Å². The summed E-state index contributed by atoms with van der Waals surface area (Å²) in [7, 11) is 0. The maximum atomic E-state index is 12.5. The normalized spacial score (nSPS) is 12.1. The maximum absolute atomic E-state index is 12.5. The van der Waals surface area contributed by atoms with E-state index in [1.165, 1.54) is 6.07 Å². The number of hydrogen-bond acceptors (Lipinski definition) is 3. The van der Waals surface area contributed by atoms with Crippen LogP contribution < -0.4 is 10.7 Å². The van der Waals surface area contributed by atoms with E-state index in [0.29, 0.717) is 22.4 Å². The fourth-order valence-corrected chi connectivity index (χ4v) is 2.51. The molecule has 0 aliphatic heterocycles. The Balaban J connectivity index is 2.06. The Labute approximate surface area is 144 Å². The average molecular weight is 342 g/mol. The van der Waals surface area contributed by atoms with Crippen molar-refractivity contribution in [2.75, 3.05) is 5.32 Å². The van der Waals surface area contributed by atoms with Crippen LogP contribution in [0.15, 0.2) is 57.7 Å². The van der Waals surface area contributed by atoms with Gasteiger partial charge in [0, 0.05) is 17.3 Å². The lowest BCUT2D eigenvalue weighted by Gasteiger charge is -2.09. The molecule has 0 radical (unpaired) electrons. The van der Waals surface area contributed by atoms with Crippen LogP contribution in [0.25, 0.3) is 22.3 Å². The van der Waals surface area contributed by atoms with Crippen molar-refractivity contribution in [3.8, 4) is 11.3 Å². The third-order valence-corrected chi connectivity index (χ3v) is 3.96. The predicted octanol–water partition coefficient (Wildman–Crippen LogP) is 4.33. The monoisotopic (exact) mass is 341 g/mol. The molecule has 3 aromatic rings. The van der Waals surface area contributed by atoms with E-state index in [2.05, 4.69) is 5.32 Å². The zero-order valence-corrected chi connectivity index (χ0v) is 14.1. The van der Waals surface area contributed by atoms with Crippen molar-refractivity contribution in [3.05, 3.63) is 64.3 Å². The van der Waals surface area contributed by atoms with Crippen LogP contribution in [-0.4, -0.2) is 11.3 Å². The molecule has 122 valence electrons. The molecule has 1 unspecified atom stereocenters. The molecular formula is C19H16ClNO3. The lowest BCUT2D eigenvalue weighted by atomic mass is 10.1. The Kier molecular flexibility index (Phi) is 4.40. The molecule has 5 heteroatoms. The van der Waals surface area contributed by atoms with Crippen LogP contribution in [0.1, 0.15) is 12.5 Å². The van der Waals surface area contributed by atoms with Crippen molar-refractivity contribution in [1.82, 2.24) is 0 Å². The number of alkyl halides is 1. The fraction of sp³-hybridized carbons (Fsp3) is 0.158. The Morgan fingerprint density at radius 2 is 1.92 bits per heavy atom. The van der Waals surface area contributed by atoms with Crippen molar-refractivity contribution in [2.45, 2.75) is 19.2 Å². The lowest BCUT2D eigenvalue weighted by Crippen LogP contribution is -2.20. The Morgan fingerprint density at radius 1 is 1.17 bits per heavy atom. The molecule has 0 fully saturated rings. The van der Waals surface area contributed by atoms with Crippen LogP contribution >= 0.6 is 11.6 Å². The van der Waals surface area contributed by atoms with Gasteiger partial charge in [-0.1, -0.05) is 24.3 Å². The summed E-state index contributed by atoms with van der Waals surface area (Å²) >= 11 is 5.74. The first kappa shape index (κ1) is 16.3. The first-order chi connectivity index (χ1) is 11.5. The summed E-state index contributed by atoms with van der Waals surface area (Å²) < 4.78 is 5.88. The predicted molar refractivity (Wildman–Crippen MR) is 96.6 cm³/mol. The van der Waals surface area contributed by atoms with Gasteiger partial charge in [0.1, 0.15) is 16.7 Å². The van der Waals surface area contributed by atoms with E-state index in [1.54, 1.807) is 25.1 Å². The molecule has 0 saturated carbocycles. The molecule has 0 aliphatic rings. The molecule has 0 bridgehead atoms. The minimum atomic E-state index is -0.652. The molecule has 1 amide bonds. The molecule has 1 heterocycles. The highest BCUT2D eigenvalue weighted by Crippen LogP contribution is 2.26. The van der Waals surface area contributed by atoms with E-state index >= 15 is 0 Å². The van der Waals surface area contributed by atoms with Crippen molar-refractivity contribution < 1.29 is 9.21 Å². The molecular weight excluding hydrogens is 326 g/mol. The number of carbonyl (C=O) groups is 1. The molecule has 1 atom stereocenters. The van der Waals surface area contributed by atoms with Gasteiger partial charge in [-0.25, -0.2) is 0 Å². The number of aryl methyl sites for hydroxylation is 1. The third-order valence-electron chi connectivity index (χ3n) is 3.77. The first-order valence-electron chi connectivity index (χ1n) is 7.54. The van der Waals surface area contributed by atoms with Gasteiger partial charge in [-0.2, -0.15) is 0 Å². The van der Waals surface area contributed by atoms with Gasteiger partial charge in [-0.15, -0.1) is 11.6 Å². The van der Waals surface area contributed by atoms with Crippen molar-refractivity contribution >= 4 is 34.2 Å². The molecule has 1 N–H and O–H groups in total. The van der Waals surface area contributed by atoms with E-state index in [4.69, 9.17) is 16.0 Å². The van der Waals surface area contributed by atoms with E-state index < -0.39 is 5.38 Å². The zero-order chi connectivity index (χ0) is 17.3. The average Bonchev–Trinajstić information content (AvgIpc) is 2.55. The largest absolute Gasteiger partial charge is 0.456 e. The van der Waals surface area contributed by atoms with Crippen LogP contribution in [0.5, 0.6) is 0 Å². The topological polar surface area (TPSA) is 59.3 Å². The first-order valence-corrected chi connectivity index (χ1v) is 7.98. The number of carbonyl (C=O) groups excluding carboxylic acids is 1. The van der Waals surface area contributed by atoms with Gasteiger partial charge in [0.05, 0.1) is 5.39 Å². The van der Waals surface area contributed by atoms with Crippen LogP contribution in [0, 0.1) is 6.92 Å². The summed E-state index contributed by atoms with van der Waals surface area (Å²) in [5.74, 6) is 0.203. The highest BCUT2D eigenvalue weighted by molar-refractivity contribution is 6.32. The molecule has 0 saturated heterocycles. The number of anilines is 1. The summed E-state index contributed by atoms with van der Waals surface area (Å²) in [6, 6.07) is 14.1. The molecule has 2 aromatic carbocycles. The summed E-state index contributed by atoms with van der Waals surface area (Å²) in [6.07, 6.45) is 0. The van der Waals surface area contributed by atoms with Gasteiger partial charge in [0.15, 0.2) is 5.43 Å². The zero-order valence-electron chi connectivity index (χ0n) is 13.3. The van der Waals surface area contributed by atoms with Gasteiger partial charge >= 0.3 is 0 Å². The van der Waals surface area contributed by atoms with Crippen molar-refractivity contribution in [1.29, 1.82) is 0 Å². The summed E-state index contributed by atoms with van der Waals surface area (Å²) in [5, 5.41) is 2.42. The smallest absolute Gasteiger partial charge is 0.242 e. The summed E-state index contributed by atoms with van der Waals surface area (Å²) in [5.41, 5.74) is 2.72. The maximum Gasteiger partial charge on any atom is 0.242 e. The molecule has 0 spiro atoms. The van der Waals surface area contributed by atoms with Gasteiger partial charge in [-0.3, -0.25) is 9.59 Å². The molecule has 4 nitrogen and oxygen atoms in total. The second-order valence-electron chi connectivity index (χ2n) is 5.61. The standard InChI is InChI=1S/C19H16ClNO3/c1-11-5-3-4-6-14(11)18-10-16(22)15-9-13(7-8-17(15)24-18)21-19(23)12(2)20/h3-10,12H,1-2H3,(H,21,23). The number of nitrogens with one attached hydrogen (secondary N) is 1. The van der Waals surface area contributed by atoms with Gasteiger partial charge in [-0.05, 0) is 37.6 Å². The van der Waals surface area contributed by atoms with Crippen LogP contribution in [0.2, 0.25) is 0 Å². The van der Waals surface area contributed by atoms with Crippen LogP contribution in [-0.2, 0) is 4.79 Å². The Bertz CT molecular complexity index is 976. The lowest BCUT2D eigenvalue weighted by molar-refractivity contribution is -0.115. The summed E-state index contributed by atoms with van der Waals surface area (Å²) in [4.78, 5) is 24.1. The summed E-state index contributed by atoms with van der Waals surface area (Å²) in [6.45, 7) is 3.55. The number of amides is 1. The van der Waals surface area contributed by atoms with Crippen LogP contribution in [0.4, 0.5) is 5.69 Å². The van der Waals surface area contributed by atoms with E-state index in [1.807, 2.05) is 31.2 Å². The molecule has 0 aliphatic carbocycles. The molecule has 3 rings (SSSR count). The number of halogens is 1. The number of hydrogen-bond donors (Lipinski definition) is 1. The molecule has 24 heavy (non-hydrogen) atoms. The van der Waals surface area contributed by atoms with E-state index in [9.17, 15) is 9.59 Å². The highest BCUT2D eigenvalue weighted by Gasteiger charge is 2.12. The second-order valence-corrected chi connectivity index (χ2v) is 6.26. The van der Waals surface area contributed by atoms with Gasteiger partial charge in [0.25, 0.3) is 0 Å². The highest BCUT2D eigenvalue weighted by atomic mass is 35.5. The quantitative estimate of drug-likeness (QED) is 0.721. The number of benzene rings is 2. The fourth-order valence-electron chi connectivity index (χ4n) is 2.46. The number of fused-ring (bicyclic) bond motifs is 1. The van der Waals surface area contributed by atoms with Crippen LogP contribution in [0.3, 0.4) is 0 Å². The minimum absolute atomic E-state index is 0.162. The number of rotatable bonds is 3. The van der Waals surface area contributed by atoms with Crippen molar-refractivity contribution in [2.24, 2.45) is 0 Å². The second kappa shape index (κ2) is 6.49. The van der Waals surface area contributed by atoms with Gasteiger partial charge in [0.2, 0.25) is 5.91 Å². The SMILES string of the molecule is Cc1ccccc1-c1cc(=O)c2cc(NC(=O)C(C)Cl)ccc2o1. The molecule has 1 aromatic heterocycles. The Morgan fingerprint density at radius 3 is 2.62 bits per heavy atom. The van der Waals surface area contributed by atoms with Crippen molar-refractivity contribution in [3.63, 3.8) is 0 Å². The third kappa shape index (κ3) is 3.19.